The van der Waals surface area contributed by atoms with Crippen LogP contribution >= 0.6 is 0 Å². The van der Waals surface area contributed by atoms with Crippen LogP contribution in [0.5, 0.6) is 0 Å². The first-order chi connectivity index (χ1) is 9.04. The van der Waals surface area contributed by atoms with E-state index in [9.17, 15) is 18.8 Å². The van der Waals surface area contributed by atoms with E-state index in [0.717, 1.165) is 30.3 Å². The summed E-state index contributed by atoms with van der Waals surface area (Å²) in [4.78, 5) is 35.2. The van der Waals surface area contributed by atoms with Gasteiger partial charge in [-0.3, -0.25) is 19.1 Å². The summed E-state index contributed by atoms with van der Waals surface area (Å²) in [5.74, 6) is -1.75. The normalized spacial score (nSPS) is 10.4. The molecular formula is C12H17FN2O4. The number of rotatable bonds is 7. The molecule has 0 atom stereocenters. The van der Waals surface area contributed by atoms with E-state index in [4.69, 9.17) is 4.74 Å². The Morgan fingerprint density at radius 2 is 2.11 bits per heavy atom. The van der Waals surface area contributed by atoms with Crippen molar-refractivity contribution in [3.8, 4) is 0 Å². The quantitative estimate of drug-likeness (QED) is 0.588. The largest absolute Gasteiger partial charge is 0.464 e. The minimum absolute atomic E-state index is 0.277. The molecule has 1 aromatic rings. The lowest BCUT2D eigenvalue weighted by Crippen LogP contribution is -2.33. The van der Waals surface area contributed by atoms with Gasteiger partial charge in [0.1, 0.15) is 6.54 Å². The first kappa shape index (κ1) is 15.1. The van der Waals surface area contributed by atoms with Gasteiger partial charge >= 0.3 is 11.7 Å². The zero-order valence-corrected chi connectivity index (χ0v) is 10.8. The second-order valence-corrected chi connectivity index (χ2v) is 4.15. The molecule has 0 aliphatic rings. The average molecular weight is 272 g/mol. The van der Waals surface area contributed by atoms with E-state index in [1.54, 1.807) is 4.98 Å². The first-order valence-corrected chi connectivity index (χ1v) is 6.19. The molecular weight excluding hydrogens is 255 g/mol. The number of esters is 1. The number of nitrogens with zero attached hydrogens (tertiary/aromatic N) is 1. The highest BCUT2D eigenvalue weighted by atomic mass is 19.1. The number of carbonyl (C=O) groups is 1. The lowest BCUT2D eigenvalue weighted by Gasteiger charge is -2.06. The van der Waals surface area contributed by atoms with Crippen LogP contribution in [0.25, 0.3) is 0 Å². The van der Waals surface area contributed by atoms with E-state index in [1.165, 1.54) is 0 Å². The summed E-state index contributed by atoms with van der Waals surface area (Å²) in [6.45, 7) is 1.93. The van der Waals surface area contributed by atoms with Gasteiger partial charge in [0, 0.05) is 0 Å². The number of nitrogens with one attached hydrogen (secondary N) is 1. The van der Waals surface area contributed by atoms with Gasteiger partial charge in [-0.05, 0) is 6.42 Å². The highest BCUT2D eigenvalue weighted by Gasteiger charge is 2.08. The van der Waals surface area contributed by atoms with Crippen LogP contribution in [-0.2, 0) is 16.1 Å². The number of hydrogen-bond acceptors (Lipinski definition) is 4. The van der Waals surface area contributed by atoms with Gasteiger partial charge in [-0.25, -0.2) is 4.79 Å². The second-order valence-electron chi connectivity index (χ2n) is 4.15. The number of aromatic nitrogens is 2. The molecule has 0 saturated carbocycles. The van der Waals surface area contributed by atoms with Crippen LogP contribution in [0.15, 0.2) is 15.8 Å². The molecule has 7 heteroatoms. The fourth-order valence-electron chi connectivity index (χ4n) is 1.50. The van der Waals surface area contributed by atoms with Crippen molar-refractivity contribution in [1.29, 1.82) is 0 Å². The Bertz CT molecular complexity index is 535. The van der Waals surface area contributed by atoms with Crippen LogP contribution < -0.4 is 11.2 Å². The van der Waals surface area contributed by atoms with Crippen LogP contribution in [-0.4, -0.2) is 22.1 Å². The summed E-state index contributed by atoms with van der Waals surface area (Å²) in [6.07, 6.45) is 4.58. The topological polar surface area (TPSA) is 81.2 Å². The molecule has 0 spiro atoms. The monoisotopic (exact) mass is 272 g/mol. The molecule has 6 nitrogen and oxygen atoms in total. The summed E-state index contributed by atoms with van der Waals surface area (Å²) in [5, 5.41) is 0. The van der Waals surface area contributed by atoms with E-state index < -0.39 is 29.6 Å². The van der Waals surface area contributed by atoms with E-state index in [1.807, 2.05) is 0 Å². The molecule has 0 saturated heterocycles. The van der Waals surface area contributed by atoms with Crippen molar-refractivity contribution in [2.45, 2.75) is 39.2 Å². The van der Waals surface area contributed by atoms with Gasteiger partial charge in [0.2, 0.25) is 5.82 Å². The number of aromatic amines is 1. The summed E-state index contributed by atoms with van der Waals surface area (Å²) < 4.78 is 18.6. The molecule has 19 heavy (non-hydrogen) atoms. The Kier molecular flexibility index (Phi) is 5.98. The molecule has 1 heterocycles. The molecule has 106 valence electrons. The Morgan fingerprint density at radius 1 is 1.37 bits per heavy atom. The van der Waals surface area contributed by atoms with Crippen LogP contribution in [0, 0.1) is 5.82 Å². The van der Waals surface area contributed by atoms with Crippen molar-refractivity contribution in [2.24, 2.45) is 0 Å². The zero-order valence-electron chi connectivity index (χ0n) is 10.8. The summed E-state index contributed by atoms with van der Waals surface area (Å²) in [7, 11) is 0. The number of carbonyl (C=O) groups excluding carboxylic acids is 1. The van der Waals surface area contributed by atoms with Crippen LogP contribution in [0.2, 0.25) is 0 Å². The van der Waals surface area contributed by atoms with Gasteiger partial charge < -0.3 is 4.74 Å². The number of hydrogen-bond donors (Lipinski definition) is 1. The molecule has 0 unspecified atom stereocenters. The number of ether oxygens (including phenoxy) is 1. The minimum Gasteiger partial charge on any atom is -0.464 e. The van der Waals surface area contributed by atoms with E-state index in [-0.39, 0.29) is 6.61 Å². The highest BCUT2D eigenvalue weighted by molar-refractivity contribution is 5.69. The molecule has 0 aromatic carbocycles. The van der Waals surface area contributed by atoms with E-state index in [0.29, 0.717) is 6.20 Å². The standard InChI is InChI=1S/C12H17FN2O4/c1-2-3-4-5-6-19-10(16)8-15-7-9(13)11(17)14-12(15)18/h7H,2-6,8H2,1H3,(H,14,17,18). The van der Waals surface area contributed by atoms with Gasteiger partial charge in [-0.1, -0.05) is 26.2 Å². The molecule has 0 fully saturated rings. The maximum Gasteiger partial charge on any atom is 0.329 e. The smallest absolute Gasteiger partial charge is 0.329 e. The van der Waals surface area contributed by atoms with E-state index >= 15 is 0 Å². The Hall–Kier alpha value is -1.92. The lowest BCUT2D eigenvalue weighted by molar-refractivity contribution is -0.144. The Morgan fingerprint density at radius 3 is 2.79 bits per heavy atom. The van der Waals surface area contributed by atoms with Gasteiger partial charge in [-0.15, -0.1) is 0 Å². The first-order valence-electron chi connectivity index (χ1n) is 6.19. The Balaban J connectivity index is 2.47. The summed E-state index contributed by atoms with van der Waals surface area (Å²) in [6, 6.07) is 0. The van der Waals surface area contributed by atoms with Crippen molar-refractivity contribution < 1.29 is 13.9 Å². The molecule has 0 aliphatic heterocycles. The zero-order chi connectivity index (χ0) is 14.3. The molecule has 0 aliphatic carbocycles. The fraction of sp³-hybridized carbons (Fsp3) is 0.583. The molecule has 0 bridgehead atoms. The third-order valence-electron chi connectivity index (χ3n) is 2.53. The molecule has 0 radical (unpaired) electrons. The van der Waals surface area contributed by atoms with Crippen LogP contribution in [0.3, 0.4) is 0 Å². The Labute approximate surface area is 109 Å². The molecule has 1 N–H and O–H groups in total. The van der Waals surface area contributed by atoms with Gasteiger partial charge in [0.15, 0.2) is 0 Å². The van der Waals surface area contributed by atoms with E-state index in [2.05, 4.69) is 6.92 Å². The third-order valence-corrected chi connectivity index (χ3v) is 2.53. The number of halogens is 1. The van der Waals surface area contributed by atoms with Crippen molar-refractivity contribution in [3.05, 3.63) is 32.9 Å². The lowest BCUT2D eigenvalue weighted by atomic mass is 10.2. The minimum atomic E-state index is -1.12. The summed E-state index contributed by atoms with van der Waals surface area (Å²) >= 11 is 0. The SMILES string of the molecule is CCCCCCOC(=O)Cn1cc(F)c(=O)[nH]c1=O. The third kappa shape index (κ3) is 5.07. The average Bonchev–Trinajstić information content (AvgIpc) is 2.35. The predicted octanol–water partition coefficient (Wildman–Crippen LogP) is 0.799. The molecule has 1 rings (SSSR count). The van der Waals surface area contributed by atoms with Gasteiger partial charge in [0.05, 0.1) is 12.8 Å². The van der Waals surface area contributed by atoms with Crippen LogP contribution in [0.1, 0.15) is 32.6 Å². The van der Waals surface area contributed by atoms with Crippen molar-refractivity contribution in [3.63, 3.8) is 0 Å². The maximum absolute atomic E-state index is 12.9. The van der Waals surface area contributed by atoms with Gasteiger partial charge in [-0.2, -0.15) is 4.39 Å². The van der Waals surface area contributed by atoms with Crippen LogP contribution in [0.4, 0.5) is 4.39 Å². The number of H-pyrrole nitrogens is 1. The fourth-order valence-corrected chi connectivity index (χ4v) is 1.50. The van der Waals surface area contributed by atoms with Crippen molar-refractivity contribution >= 4 is 5.97 Å². The van der Waals surface area contributed by atoms with Gasteiger partial charge in [0.25, 0.3) is 5.56 Å². The van der Waals surface area contributed by atoms with Crippen molar-refractivity contribution in [1.82, 2.24) is 9.55 Å². The maximum atomic E-state index is 12.9. The predicted molar refractivity (Wildman–Crippen MR) is 66.4 cm³/mol. The second kappa shape index (κ2) is 7.50. The van der Waals surface area contributed by atoms with Crippen molar-refractivity contribution in [2.75, 3.05) is 6.61 Å². The highest BCUT2D eigenvalue weighted by Crippen LogP contribution is 1.99. The molecule has 1 aromatic heterocycles. The molecule has 0 amide bonds. The summed E-state index contributed by atoms with van der Waals surface area (Å²) in [5.41, 5.74) is -1.94. The number of unbranched alkanes of at least 4 members (excludes halogenated alkanes) is 3.